The van der Waals surface area contributed by atoms with Crippen molar-refractivity contribution < 1.29 is 13.5 Å². The normalized spacial score (nSPS) is 11.9. The minimum absolute atomic E-state index is 0.207. The van der Waals surface area contributed by atoms with Crippen LogP contribution in [0, 0.1) is 13.8 Å². The van der Waals surface area contributed by atoms with Crippen molar-refractivity contribution >= 4 is 21.4 Å². The molecule has 4 nitrogen and oxygen atoms in total. The molecule has 104 valence electrons. The molecule has 0 saturated carbocycles. The Hall–Kier alpha value is -0.430. The van der Waals surface area contributed by atoms with Gasteiger partial charge < -0.3 is 5.11 Å². The number of sulfonamides is 1. The van der Waals surface area contributed by atoms with Crippen molar-refractivity contribution in [2.24, 2.45) is 0 Å². The predicted molar refractivity (Wildman–Crippen MR) is 74.5 cm³/mol. The molecule has 1 aromatic rings. The van der Waals surface area contributed by atoms with E-state index in [-0.39, 0.29) is 6.61 Å². The van der Waals surface area contributed by atoms with Gasteiger partial charge in [0.05, 0.1) is 4.90 Å². The number of aryl methyl sites for hydroxylation is 2. The number of hydrogen-bond donors (Lipinski definition) is 2. The molecule has 0 radical (unpaired) electrons. The lowest BCUT2D eigenvalue weighted by atomic mass is 10.2. The Kier molecular flexibility index (Phi) is 6.28. The molecule has 1 heterocycles. The summed E-state index contributed by atoms with van der Waals surface area (Å²) in [4.78, 5) is 2.25. The fourth-order valence-electron chi connectivity index (χ4n) is 1.75. The quantitative estimate of drug-likeness (QED) is 0.722. The Balaban J connectivity index is 2.43. The molecule has 2 N–H and O–H groups in total. The molecule has 0 spiro atoms. The van der Waals surface area contributed by atoms with Gasteiger partial charge in [0.25, 0.3) is 0 Å². The summed E-state index contributed by atoms with van der Waals surface area (Å²) in [7, 11) is -3.35. The summed E-state index contributed by atoms with van der Waals surface area (Å²) >= 11 is 1.50. The first-order valence-electron chi connectivity index (χ1n) is 6.15. The van der Waals surface area contributed by atoms with Gasteiger partial charge in [0, 0.05) is 22.9 Å². The van der Waals surface area contributed by atoms with Crippen LogP contribution < -0.4 is 4.72 Å². The van der Waals surface area contributed by atoms with Crippen LogP contribution in [0.2, 0.25) is 0 Å². The lowest BCUT2D eigenvalue weighted by molar-refractivity contribution is 0.282. The highest BCUT2D eigenvalue weighted by atomic mass is 32.2. The van der Waals surface area contributed by atoms with Gasteiger partial charge in [-0.05, 0) is 32.8 Å². The summed E-state index contributed by atoms with van der Waals surface area (Å²) in [6.07, 6.45) is 3.47. The lowest BCUT2D eigenvalue weighted by Gasteiger charge is -2.05. The van der Waals surface area contributed by atoms with Gasteiger partial charge in [0.2, 0.25) is 10.0 Å². The Morgan fingerprint density at radius 3 is 2.44 bits per heavy atom. The lowest BCUT2D eigenvalue weighted by Crippen LogP contribution is -2.24. The van der Waals surface area contributed by atoms with Gasteiger partial charge in [0.15, 0.2) is 0 Å². The summed E-state index contributed by atoms with van der Waals surface area (Å²) in [6, 6.07) is 1.72. The molecule has 0 fully saturated rings. The van der Waals surface area contributed by atoms with Crippen LogP contribution in [0.3, 0.4) is 0 Å². The van der Waals surface area contributed by atoms with E-state index in [9.17, 15) is 8.42 Å². The number of unbranched alkanes of at least 4 members (excludes halogenated alkanes) is 3. The van der Waals surface area contributed by atoms with E-state index in [0.29, 0.717) is 11.4 Å². The van der Waals surface area contributed by atoms with Crippen molar-refractivity contribution in [3.63, 3.8) is 0 Å². The number of thiophene rings is 1. The van der Waals surface area contributed by atoms with Crippen molar-refractivity contribution in [3.05, 3.63) is 15.8 Å². The Bertz CT molecular complexity index is 466. The molecule has 0 aliphatic heterocycles. The maximum absolute atomic E-state index is 12.0. The van der Waals surface area contributed by atoms with Gasteiger partial charge in [-0.25, -0.2) is 13.1 Å². The van der Waals surface area contributed by atoms with Gasteiger partial charge in [-0.15, -0.1) is 11.3 Å². The summed E-state index contributed by atoms with van der Waals surface area (Å²) in [5.74, 6) is 0. The highest BCUT2D eigenvalue weighted by Crippen LogP contribution is 2.24. The summed E-state index contributed by atoms with van der Waals surface area (Å²) < 4.78 is 26.6. The number of nitrogens with one attached hydrogen (secondary N) is 1. The standard InChI is InChI=1S/C12H21NO3S2/c1-10-9-12(11(2)17-10)18(15,16)13-7-5-3-4-6-8-14/h9,13-14H,3-8H2,1-2H3. The molecule has 0 aliphatic carbocycles. The fourth-order valence-corrected chi connectivity index (χ4v) is 4.38. The van der Waals surface area contributed by atoms with Gasteiger partial charge in [0.1, 0.15) is 0 Å². The first kappa shape index (κ1) is 15.6. The summed E-state index contributed by atoms with van der Waals surface area (Å²) in [5, 5.41) is 8.62. The number of aliphatic hydroxyl groups excluding tert-OH is 1. The maximum Gasteiger partial charge on any atom is 0.241 e. The minimum Gasteiger partial charge on any atom is -0.396 e. The maximum atomic E-state index is 12.0. The van der Waals surface area contributed by atoms with E-state index < -0.39 is 10.0 Å². The van der Waals surface area contributed by atoms with Gasteiger partial charge in [-0.2, -0.15) is 0 Å². The highest BCUT2D eigenvalue weighted by Gasteiger charge is 2.18. The molecule has 1 aromatic heterocycles. The molecule has 0 unspecified atom stereocenters. The van der Waals surface area contributed by atoms with Gasteiger partial charge in [-0.3, -0.25) is 0 Å². The topological polar surface area (TPSA) is 66.4 Å². The zero-order valence-corrected chi connectivity index (χ0v) is 12.5. The van der Waals surface area contributed by atoms with E-state index in [4.69, 9.17) is 5.11 Å². The minimum atomic E-state index is -3.35. The van der Waals surface area contributed by atoms with Crippen LogP contribution in [-0.4, -0.2) is 26.7 Å². The SMILES string of the molecule is Cc1cc(S(=O)(=O)NCCCCCCO)c(C)s1. The Morgan fingerprint density at radius 2 is 1.89 bits per heavy atom. The third kappa shape index (κ3) is 4.68. The number of rotatable bonds is 8. The van der Waals surface area contributed by atoms with Crippen molar-refractivity contribution in [1.29, 1.82) is 0 Å². The van der Waals surface area contributed by atoms with Crippen LogP contribution in [0.5, 0.6) is 0 Å². The zero-order chi connectivity index (χ0) is 13.6. The third-order valence-electron chi connectivity index (χ3n) is 2.66. The molecule has 6 heteroatoms. The molecule has 0 aromatic carbocycles. The largest absolute Gasteiger partial charge is 0.396 e. The van der Waals surface area contributed by atoms with E-state index in [1.807, 2.05) is 13.8 Å². The van der Waals surface area contributed by atoms with Crippen molar-refractivity contribution in [2.45, 2.75) is 44.4 Å². The second-order valence-electron chi connectivity index (χ2n) is 4.31. The van der Waals surface area contributed by atoms with Crippen molar-refractivity contribution in [1.82, 2.24) is 4.72 Å². The molecule has 18 heavy (non-hydrogen) atoms. The molecule has 0 saturated heterocycles. The molecule has 1 rings (SSSR count). The van der Waals surface area contributed by atoms with E-state index in [1.54, 1.807) is 6.07 Å². The van der Waals surface area contributed by atoms with E-state index >= 15 is 0 Å². The fraction of sp³-hybridized carbons (Fsp3) is 0.667. The monoisotopic (exact) mass is 291 g/mol. The van der Waals surface area contributed by atoms with Crippen molar-refractivity contribution in [3.8, 4) is 0 Å². The van der Waals surface area contributed by atoms with E-state index in [0.717, 1.165) is 35.4 Å². The smallest absolute Gasteiger partial charge is 0.241 e. The first-order chi connectivity index (χ1) is 8.47. The Morgan fingerprint density at radius 1 is 1.22 bits per heavy atom. The van der Waals surface area contributed by atoms with Crippen molar-refractivity contribution in [2.75, 3.05) is 13.2 Å². The molecule has 0 amide bonds. The summed E-state index contributed by atoms with van der Waals surface area (Å²) in [6.45, 7) is 4.40. The third-order valence-corrected chi connectivity index (χ3v) is 5.34. The second-order valence-corrected chi connectivity index (χ2v) is 7.51. The average molecular weight is 291 g/mol. The Labute approximate surface area is 113 Å². The highest BCUT2D eigenvalue weighted by molar-refractivity contribution is 7.89. The summed E-state index contributed by atoms with van der Waals surface area (Å²) in [5.41, 5.74) is 0. The first-order valence-corrected chi connectivity index (χ1v) is 8.45. The van der Waals surface area contributed by atoms with Gasteiger partial charge >= 0.3 is 0 Å². The van der Waals surface area contributed by atoms with Crippen LogP contribution in [0.25, 0.3) is 0 Å². The zero-order valence-electron chi connectivity index (χ0n) is 10.9. The molecular formula is C12H21NO3S2. The van der Waals surface area contributed by atoms with Crippen LogP contribution in [0.1, 0.15) is 35.4 Å². The van der Waals surface area contributed by atoms with E-state index in [2.05, 4.69) is 4.72 Å². The van der Waals surface area contributed by atoms with Crippen LogP contribution in [0.4, 0.5) is 0 Å². The number of hydrogen-bond acceptors (Lipinski definition) is 4. The van der Waals surface area contributed by atoms with Crippen LogP contribution in [-0.2, 0) is 10.0 Å². The molecule has 0 bridgehead atoms. The molecule has 0 aliphatic rings. The van der Waals surface area contributed by atoms with Gasteiger partial charge in [-0.1, -0.05) is 12.8 Å². The predicted octanol–water partition coefficient (Wildman–Crippen LogP) is 2.20. The molecule has 0 atom stereocenters. The number of aliphatic hydroxyl groups is 1. The second kappa shape index (κ2) is 7.23. The van der Waals surface area contributed by atoms with E-state index in [1.165, 1.54) is 11.3 Å². The van der Waals surface area contributed by atoms with Crippen LogP contribution >= 0.6 is 11.3 Å². The molecular weight excluding hydrogens is 270 g/mol. The van der Waals surface area contributed by atoms with Crippen LogP contribution in [0.15, 0.2) is 11.0 Å². The average Bonchev–Trinajstić information content (AvgIpc) is 2.63.